The number of methoxy groups -OCH3 is 2. The molecule has 0 bridgehead atoms. The fourth-order valence-corrected chi connectivity index (χ4v) is 6.23. The predicted octanol–water partition coefficient (Wildman–Crippen LogP) is 5.09. The van der Waals surface area contributed by atoms with Gasteiger partial charge in [0.15, 0.2) is 6.04 Å². The zero-order valence-corrected chi connectivity index (χ0v) is 21.5. The Balaban J connectivity index is 1.67. The number of β-lactam (4-membered cyclic amide) rings is 1. The molecule has 1 amide bonds. The van der Waals surface area contributed by atoms with E-state index in [-0.39, 0.29) is 11.9 Å². The SMILES string of the molecule is CCC1(Sc2ccccc2)C(=O)N(C(Cc2ccc(OC)cc2)Cc2ccc(OC)cc2)C1C(=O)O. The van der Waals surface area contributed by atoms with Gasteiger partial charge in [-0.05, 0) is 66.8 Å². The quantitative estimate of drug-likeness (QED) is 0.366. The minimum Gasteiger partial charge on any atom is -0.497 e. The Kier molecular flexibility index (Phi) is 7.89. The van der Waals surface area contributed by atoms with Crippen LogP contribution in [0.5, 0.6) is 11.5 Å². The molecule has 1 saturated heterocycles. The first-order chi connectivity index (χ1) is 17.4. The molecule has 2 atom stereocenters. The summed E-state index contributed by atoms with van der Waals surface area (Å²) < 4.78 is 9.52. The molecule has 36 heavy (non-hydrogen) atoms. The highest BCUT2D eigenvalue weighted by Gasteiger charge is 2.65. The van der Waals surface area contributed by atoms with E-state index in [1.807, 2.05) is 85.8 Å². The largest absolute Gasteiger partial charge is 0.497 e. The minimum absolute atomic E-state index is 0.127. The third-order valence-electron chi connectivity index (χ3n) is 6.77. The van der Waals surface area contributed by atoms with E-state index >= 15 is 0 Å². The Morgan fingerprint density at radius 3 is 1.83 bits per heavy atom. The van der Waals surface area contributed by atoms with Gasteiger partial charge in [-0.15, -0.1) is 11.8 Å². The molecule has 2 unspecified atom stereocenters. The van der Waals surface area contributed by atoms with Crippen molar-refractivity contribution in [1.82, 2.24) is 4.90 Å². The van der Waals surface area contributed by atoms with E-state index in [2.05, 4.69) is 0 Å². The smallest absolute Gasteiger partial charge is 0.328 e. The fourth-order valence-electron chi connectivity index (χ4n) is 4.86. The molecule has 0 saturated carbocycles. The normalized spacial score (nSPS) is 19.2. The van der Waals surface area contributed by atoms with Crippen LogP contribution in [-0.2, 0) is 22.4 Å². The number of ether oxygens (including phenoxy) is 2. The molecule has 0 radical (unpaired) electrons. The number of carboxylic acids is 1. The van der Waals surface area contributed by atoms with Gasteiger partial charge >= 0.3 is 5.97 Å². The number of carbonyl (C=O) groups excluding carboxylic acids is 1. The number of nitrogens with zero attached hydrogens (tertiary/aromatic N) is 1. The van der Waals surface area contributed by atoms with Crippen molar-refractivity contribution >= 4 is 23.6 Å². The number of hydrogen-bond acceptors (Lipinski definition) is 5. The Labute approximate surface area is 216 Å². The third-order valence-corrected chi connectivity index (χ3v) is 8.33. The molecule has 1 aliphatic heterocycles. The molecule has 6 nitrogen and oxygen atoms in total. The van der Waals surface area contributed by atoms with Crippen LogP contribution in [0.2, 0.25) is 0 Å². The Morgan fingerprint density at radius 1 is 0.917 bits per heavy atom. The van der Waals surface area contributed by atoms with Crippen molar-refractivity contribution in [2.75, 3.05) is 14.2 Å². The lowest BCUT2D eigenvalue weighted by Gasteiger charge is -2.56. The molecule has 188 valence electrons. The molecule has 4 rings (SSSR count). The van der Waals surface area contributed by atoms with Gasteiger partial charge in [-0.3, -0.25) is 4.79 Å². The van der Waals surface area contributed by atoms with Crippen LogP contribution < -0.4 is 9.47 Å². The van der Waals surface area contributed by atoms with Crippen LogP contribution in [0, 0.1) is 0 Å². The summed E-state index contributed by atoms with van der Waals surface area (Å²) in [5.41, 5.74) is 2.02. The number of hydrogen-bond donors (Lipinski definition) is 1. The minimum atomic E-state index is -1.04. The Bertz CT molecular complexity index is 1130. The van der Waals surface area contributed by atoms with Crippen LogP contribution in [0.3, 0.4) is 0 Å². The van der Waals surface area contributed by atoms with E-state index in [0.717, 1.165) is 27.5 Å². The summed E-state index contributed by atoms with van der Waals surface area (Å²) in [6.45, 7) is 1.89. The van der Waals surface area contributed by atoms with Crippen LogP contribution in [0.1, 0.15) is 24.5 Å². The van der Waals surface area contributed by atoms with Crippen molar-refractivity contribution in [3.8, 4) is 11.5 Å². The number of aliphatic carboxylic acids is 1. The second-order valence-electron chi connectivity index (χ2n) is 8.87. The number of carboxylic acid groups (broad SMARTS) is 1. The molecule has 0 aromatic heterocycles. The van der Waals surface area contributed by atoms with E-state index < -0.39 is 16.8 Å². The lowest BCUT2D eigenvalue weighted by molar-refractivity contribution is -0.171. The van der Waals surface area contributed by atoms with Crippen LogP contribution in [0.15, 0.2) is 83.8 Å². The topological polar surface area (TPSA) is 76.1 Å². The van der Waals surface area contributed by atoms with E-state index in [9.17, 15) is 14.7 Å². The van der Waals surface area contributed by atoms with Gasteiger partial charge in [-0.1, -0.05) is 49.4 Å². The maximum Gasteiger partial charge on any atom is 0.328 e. The molecule has 3 aromatic carbocycles. The van der Waals surface area contributed by atoms with E-state index in [1.165, 1.54) is 11.8 Å². The molecule has 7 heteroatoms. The second kappa shape index (κ2) is 11.1. The van der Waals surface area contributed by atoms with Gasteiger partial charge in [-0.25, -0.2) is 4.79 Å². The van der Waals surface area contributed by atoms with Gasteiger partial charge < -0.3 is 19.5 Å². The number of amides is 1. The van der Waals surface area contributed by atoms with Crippen molar-refractivity contribution in [3.63, 3.8) is 0 Å². The third kappa shape index (κ3) is 5.07. The summed E-state index contributed by atoms with van der Waals surface area (Å²) >= 11 is 1.36. The van der Waals surface area contributed by atoms with Gasteiger partial charge in [0.2, 0.25) is 5.91 Å². The lowest BCUT2D eigenvalue weighted by Crippen LogP contribution is -2.77. The molecule has 1 fully saturated rings. The fraction of sp³-hybridized carbons (Fsp3) is 0.310. The molecule has 1 heterocycles. The Hall–Kier alpha value is -3.45. The van der Waals surface area contributed by atoms with Gasteiger partial charge in [0.25, 0.3) is 0 Å². The van der Waals surface area contributed by atoms with Gasteiger partial charge in [0, 0.05) is 10.9 Å². The van der Waals surface area contributed by atoms with Crippen LogP contribution in [0.25, 0.3) is 0 Å². The first kappa shape index (κ1) is 25.6. The highest BCUT2D eigenvalue weighted by Crippen LogP contribution is 2.50. The molecule has 3 aromatic rings. The van der Waals surface area contributed by atoms with Crippen molar-refractivity contribution in [2.24, 2.45) is 0 Å². The molecule has 1 aliphatic rings. The first-order valence-electron chi connectivity index (χ1n) is 12.0. The summed E-state index contributed by atoms with van der Waals surface area (Å²) in [6.07, 6.45) is 1.49. The molecule has 0 aliphatic carbocycles. The average Bonchev–Trinajstić information content (AvgIpc) is 2.91. The summed E-state index contributed by atoms with van der Waals surface area (Å²) in [4.78, 5) is 29.0. The molecular formula is C29H31NO5S. The summed E-state index contributed by atoms with van der Waals surface area (Å²) in [5.74, 6) is 0.393. The van der Waals surface area contributed by atoms with E-state index in [1.54, 1.807) is 19.1 Å². The average molecular weight is 506 g/mol. The number of carbonyl (C=O) groups is 2. The Morgan fingerprint density at radius 2 is 1.42 bits per heavy atom. The van der Waals surface area contributed by atoms with Gasteiger partial charge in [0.1, 0.15) is 16.2 Å². The predicted molar refractivity (Wildman–Crippen MR) is 141 cm³/mol. The van der Waals surface area contributed by atoms with Crippen molar-refractivity contribution in [3.05, 3.63) is 90.0 Å². The van der Waals surface area contributed by atoms with E-state index in [0.29, 0.717) is 19.3 Å². The first-order valence-corrected chi connectivity index (χ1v) is 12.8. The van der Waals surface area contributed by atoms with E-state index in [4.69, 9.17) is 9.47 Å². The maximum absolute atomic E-state index is 13.9. The number of benzene rings is 3. The zero-order chi connectivity index (χ0) is 25.7. The summed E-state index contributed by atoms with van der Waals surface area (Å²) in [5, 5.41) is 10.3. The van der Waals surface area contributed by atoms with Crippen LogP contribution >= 0.6 is 11.8 Å². The number of thioether (sulfide) groups is 1. The van der Waals surface area contributed by atoms with Crippen LogP contribution in [-0.4, -0.2) is 52.9 Å². The standard InChI is InChI=1S/C29H31NO5S/c1-4-29(36-25-8-6-5-7-9-25)26(27(31)32)30(28(29)33)22(18-20-10-14-23(34-2)15-11-20)19-21-12-16-24(35-3)17-13-21/h5-17,22,26H,4,18-19H2,1-3H3,(H,31,32). The van der Waals surface area contributed by atoms with Gasteiger partial charge in [-0.2, -0.15) is 0 Å². The number of rotatable bonds is 11. The highest BCUT2D eigenvalue weighted by molar-refractivity contribution is 8.01. The zero-order valence-electron chi connectivity index (χ0n) is 20.7. The molecule has 1 N–H and O–H groups in total. The lowest BCUT2D eigenvalue weighted by atomic mass is 9.80. The molecule has 0 spiro atoms. The summed E-state index contributed by atoms with van der Waals surface area (Å²) in [6, 6.07) is 23.7. The van der Waals surface area contributed by atoms with Gasteiger partial charge in [0.05, 0.1) is 14.2 Å². The second-order valence-corrected chi connectivity index (χ2v) is 10.3. The monoisotopic (exact) mass is 505 g/mol. The van der Waals surface area contributed by atoms with Crippen molar-refractivity contribution in [2.45, 2.75) is 47.9 Å². The number of likely N-dealkylation sites (tertiary alicyclic amines) is 1. The molecular weight excluding hydrogens is 474 g/mol. The van der Waals surface area contributed by atoms with Crippen molar-refractivity contribution < 1.29 is 24.2 Å². The summed E-state index contributed by atoms with van der Waals surface area (Å²) in [7, 11) is 3.23. The van der Waals surface area contributed by atoms with Crippen LogP contribution in [0.4, 0.5) is 0 Å². The highest BCUT2D eigenvalue weighted by atomic mass is 32.2. The maximum atomic E-state index is 13.9. The van der Waals surface area contributed by atoms with Crippen molar-refractivity contribution in [1.29, 1.82) is 0 Å².